The van der Waals surface area contributed by atoms with Gasteiger partial charge >= 0.3 is 0 Å². The molecular formula is C8H18N2. The second kappa shape index (κ2) is 3.35. The minimum absolute atomic E-state index is 0.420. The minimum atomic E-state index is 0.420. The van der Waals surface area contributed by atoms with Crippen LogP contribution in [0.5, 0.6) is 0 Å². The van der Waals surface area contributed by atoms with Crippen molar-refractivity contribution in [1.29, 1.82) is 0 Å². The quantitative estimate of drug-likeness (QED) is 0.583. The molecule has 0 aromatic carbocycles. The molecule has 0 aliphatic carbocycles. The molecule has 0 spiro atoms. The summed E-state index contributed by atoms with van der Waals surface area (Å²) in [5.74, 6) is 0.795. The van der Waals surface area contributed by atoms with Crippen LogP contribution in [0, 0.1) is 5.92 Å². The first-order valence-electron chi connectivity index (χ1n) is 4.20. The lowest BCUT2D eigenvalue weighted by Crippen LogP contribution is -2.45. The van der Waals surface area contributed by atoms with Crippen LogP contribution in [-0.2, 0) is 0 Å². The topological polar surface area (TPSA) is 29.3 Å². The van der Waals surface area contributed by atoms with E-state index in [0.29, 0.717) is 6.04 Å². The van der Waals surface area contributed by atoms with Crippen LogP contribution < -0.4 is 5.73 Å². The Hall–Kier alpha value is -0.0800. The zero-order chi connectivity index (χ0) is 7.56. The van der Waals surface area contributed by atoms with Gasteiger partial charge in [0.05, 0.1) is 0 Å². The van der Waals surface area contributed by atoms with Crippen LogP contribution in [0.4, 0.5) is 0 Å². The van der Waals surface area contributed by atoms with Gasteiger partial charge in [-0.05, 0) is 18.9 Å². The molecule has 2 N–H and O–H groups in total. The highest BCUT2D eigenvalue weighted by Gasteiger charge is 2.20. The summed E-state index contributed by atoms with van der Waals surface area (Å²) in [6, 6.07) is 0.420. The first kappa shape index (κ1) is 8.02. The zero-order valence-electron chi connectivity index (χ0n) is 7.01. The molecule has 1 heterocycles. The Morgan fingerprint density at radius 1 is 1.50 bits per heavy atom. The van der Waals surface area contributed by atoms with Crippen molar-refractivity contribution in [2.75, 3.05) is 19.6 Å². The molecule has 1 saturated heterocycles. The minimum Gasteiger partial charge on any atom is -0.327 e. The van der Waals surface area contributed by atoms with Gasteiger partial charge in [-0.25, -0.2) is 0 Å². The van der Waals surface area contributed by atoms with E-state index in [-0.39, 0.29) is 0 Å². The van der Waals surface area contributed by atoms with Crippen LogP contribution in [-0.4, -0.2) is 30.6 Å². The van der Waals surface area contributed by atoms with Crippen LogP contribution in [0.25, 0.3) is 0 Å². The molecule has 1 rings (SSSR count). The summed E-state index contributed by atoms with van der Waals surface area (Å²) in [6.07, 6.45) is 1.20. The highest BCUT2D eigenvalue weighted by atomic mass is 15.1. The van der Waals surface area contributed by atoms with E-state index in [4.69, 9.17) is 5.73 Å². The van der Waals surface area contributed by atoms with Crippen molar-refractivity contribution >= 4 is 0 Å². The third-order valence-electron chi connectivity index (χ3n) is 2.21. The molecule has 0 radical (unpaired) electrons. The zero-order valence-corrected chi connectivity index (χ0v) is 7.01. The van der Waals surface area contributed by atoms with Gasteiger partial charge in [-0.1, -0.05) is 13.8 Å². The number of piperidine rings is 1. The fourth-order valence-corrected chi connectivity index (χ4v) is 1.77. The molecular weight excluding hydrogens is 124 g/mol. The van der Waals surface area contributed by atoms with Crippen molar-refractivity contribution in [1.82, 2.24) is 4.90 Å². The molecule has 1 aliphatic heterocycles. The normalized spacial score (nSPS) is 36.3. The van der Waals surface area contributed by atoms with Gasteiger partial charge in [0.2, 0.25) is 0 Å². The second-order valence-electron chi connectivity index (χ2n) is 3.45. The molecule has 2 heteroatoms. The molecule has 0 aromatic heterocycles. The number of nitrogens with zero attached hydrogens (tertiary/aromatic N) is 1. The summed E-state index contributed by atoms with van der Waals surface area (Å²) >= 11 is 0. The van der Waals surface area contributed by atoms with Crippen LogP contribution in [0.3, 0.4) is 0 Å². The number of likely N-dealkylation sites (N-methyl/N-ethyl adjacent to an activating group) is 1. The predicted octanol–water partition coefficient (Wildman–Crippen LogP) is 0.675. The highest BCUT2D eigenvalue weighted by molar-refractivity contribution is 4.78. The van der Waals surface area contributed by atoms with Gasteiger partial charge in [0.15, 0.2) is 0 Å². The lowest BCUT2D eigenvalue weighted by Gasteiger charge is -2.33. The van der Waals surface area contributed by atoms with Gasteiger partial charge in [0, 0.05) is 19.1 Å². The van der Waals surface area contributed by atoms with Crippen LogP contribution in [0.2, 0.25) is 0 Å². The third-order valence-corrected chi connectivity index (χ3v) is 2.21. The van der Waals surface area contributed by atoms with E-state index in [9.17, 15) is 0 Å². The van der Waals surface area contributed by atoms with Crippen molar-refractivity contribution in [2.24, 2.45) is 11.7 Å². The Morgan fingerprint density at radius 2 is 2.20 bits per heavy atom. The summed E-state index contributed by atoms with van der Waals surface area (Å²) in [5, 5.41) is 0. The fourth-order valence-electron chi connectivity index (χ4n) is 1.77. The average Bonchev–Trinajstić information content (AvgIpc) is 1.85. The maximum atomic E-state index is 5.85. The Bertz CT molecular complexity index is 93.4. The summed E-state index contributed by atoms with van der Waals surface area (Å²) in [7, 11) is 0. The maximum Gasteiger partial charge on any atom is 0.0170 e. The molecule has 2 nitrogen and oxygen atoms in total. The SMILES string of the molecule is CCN1C[C@H](C)C[C@@H](N)C1. The molecule has 60 valence electrons. The van der Waals surface area contributed by atoms with Gasteiger partial charge in [0.25, 0.3) is 0 Å². The van der Waals surface area contributed by atoms with Crippen LogP contribution >= 0.6 is 0 Å². The summed E-state index contributed by atoms with van der Waals surface area (Å²) in [5.41, 5.74) is 5.85. The summed E-state index contributed by atoms with van der Waals surface area (Å²) < 4.78 is 0. The molecule has 2 atom stereocenters. The molecule has 0 saturated carbocycles. The van der Waals surface area contributed by atoms with E-state index in [1.807, 2.05) is 0 Å². The fraction of sp³-hybridized carbons (Fsp3) is 1.00. The van der Waals surface area contributed by atoms with E-state index in [1.54, 1.807) is 0 Å². The highest BCUT2D eigenvalue weighted by Crippen LogP contribution is 2.13. The van der Waals surface area contributed by atoms with E-state index in [1.165, 1.54) is 13.0 Å². The van der Waals surface area contributed by atoms with E-state index >= 15 is 0 Å². The monoisotopic (exact) mass is 142 g/mol. The smallest absolute Gasteiger partial charge is 0.0170 e. The summed E-state index contributed by atoms with van der Waals surface area (Å²) in [6.45, 7) is 7.97. The Labute approximate surface area is 63.4 Å². The number of likely N-dealkylation sites (tertiary alicyclic amines) is 1. The first-order chi connectivity index (χ1) is 4.72. The number of hydrogen-bond acceptors (Lipinski definition) is 2. The van der Waals surface area contributed by atoms with E-state index in [2.05, 4.69) is 18.7 Å². The van der Waals surface area contributed by atoms with E-state index < -0.39 is 0 Å². The largest absolute Gasteiger partial charge is 0.327 e. The van der Waals surface area contributed by atoms with Gasteiger partial charge in [-0.3, -0.25) is 0 Å². The summed E-state index contributed by atoms with van der Waals surface area (Å²) in [4.78, 5) is 2.43. The molecule has 10 heavy (non-hydrogen) atoms. The van der Waals surface area contributed by atoms with Crippen molar-refractivity contribution in [3.63, 3.8) is 0 Å². The molecule has 1 aliphatic rings. The van der Waals surface area contributed by atoms with Crippen molar-refractivity contribution in [2.45, 2.75) is 26.3 Å². The molecule has 0 aromatic rings. The second-order valence-corrected chi connectivity index (χ2v) is 3.45. The van der Waals surface area contributed by atoms with Gasteiger partial charge < -0.3 is 10.6 Å². The van der Waals surface area contributed by atoms with Gasteiger partial charge in [-0.2, -0.15) is 0 Å². The number of nitrogens with two attached hydrogens (primary N) is 1. The van der Waals surface area contributed by atoms with Crippen LogP contribution in [0.1, 0.15) is 20.3 Å². The standard InChI is InChI=1S/C8H18N2/c1-3-10-5-7(2)4-8(9)6-10/h7-8H,3-6,9H2,1-2H3/t7-,8-/m1/s1. The number of hydrogen-bond donors (Lipinski definition) is 1. The van der Waals surface area contributed by atoms with Crippen LogP contribution in [0.15, 0.2) is 0 Å². The number of rotatable bonds is 1. The van der Waals surface area contributed by atoms with E-state index in [0.717, 1.165) is 19.0 Å². The Morgan fingerprint density at radius 3 is 2.70 bits per heavy atom. The molecule has 1 fully saturated rings. The third kappa shape index (κ3) is 1.96. The van der Waals surface area contributed by atoms with Gasteiger partial charge in [-0.15, -0.1) is 0 Å². The molecule has 0 bridgehead atoms. The first-order valence-corrected chi connectivity index (χ1v) is 4.20. The molecule has 0 unspecified atom stereocenters. The lowest BCUT2D eigenvalue weighted by molar-refractivity contribution is 0.173. The Kier molecular flexibility index (Phi) is 2.69. The predicted molar refractivity (Wildman–Crippen MR) is 43.9 cm³/mol. The Balaban J connectivity index is 2.35. The van der Waals surface area contributed by atoms with Gasteiger partial charge in [0.1, 0.15) is 0 Å². The average molecular weight is 142 g/mol. The van der Waals surface area contributed by atoms with Crippen molar-refractivity contribution in [3.05, 3.63) is 0 Å². The van der Waals surface area contributed by atoms with Crippen molar-refractivity contribution in [3.8, 4) is 0 Å². The van der Waals surface area contributed by atoms with Crippen molar-refractivity contribution < 1.29 is 0 Å². The maximum absolute atomic E-state index is 5.85. The lowest BCUT2D eigenvalue weighted by atomic mass is 9.97. The molecule has 0 amide bonds.